The molecular formula is C37H46N6O5S2. The molecule has 13 heteroatoms. The zero-order valence-electron chi connectivity index (χ0n) is 28.9. The van der Waals surface area contributed by atoms with Crippen molar-refractivity contribution in [3.05, 3.63) is 67.3 Å². The summed E-state index contributed by atoms with van der Waals surface area (Å²) in [6, 6.07) is 17.4. The molecule has 0 fully saturated rings. The van der Waals surface area contributed by atoms with Gasteiger partial charge in [0, 0.05) is 24.7 Å². The van der Waals surface area contributed by atoms with E-state index in [4.69, 9.17) is 14.2 Å². The van der Waals surface area contributed by atoms with Crippen LogP contribution in [0.5, 0.6) is 5.75 Å². The maximum atomic E-state index is 11.3. The number of fused-ring (bicyclic) bond motifs is 1. The quantitative estimate of drug-likeness (QED) is 0.0323. The first-order chi connectivity index (χ1) is 24.5. The molecule has 2 heterocycles. The third kappa shape index (κ3) is 13.4. The van der Waals surface area contributed by atoms with Crippen LogP contribution in [0.15, 0.2) is 87.7 Å². The summed E-state index contributed by atoms with van der Waals surface area (Å²) in [5.74, 6) is 0.301. The second kappa shape index (κ2) is 21.6. The van der Waals surface area contributed by atoms with E-state index in [0.29, 0.717) is 37.9 Å². The summed E-state index contributed by atoms with van der Waals surface area (Å²) < 4.78 is 17.1. The number of hydrogen-bond donors (Lipinski definition) is 0. The van der Waals surface area contributed by atoms with E-state index < -0.39 is 5.97 Å². The van der Waals surface area contributed by atoms with E-state index in [1.807, 2.05) is 68.4 Å². The Hall–Kier alpha value is -4.49. The molecule has 0 saturated carbocycles. The number of aromatic nitrogens is 1. The van der Waals surface area contributed by atoms with E-state index >= 15 is 0 Å². The van der Waals surface area contributed by atoms with Gasteiger partial charge in [-0.3, -0.25) is 4.79 Å². The van der Waals surface area contributed by atoms with E-state index in [0.717, 1.165) is 75.6 Å². The molecule has 0 aliphatic heterocycles. The lowest BCUT2D eigenvalue weighted by atomic mass is 10.1. The summed E-state index contributed by atoms with van der Waals surface area (Å²) in [5.41, 5.74) is 2.48. The molecule has 0 aliphatic carbocycles. The number of anilines is 1. The third-order valence-electron chi connectivity index (χ3n) is 7.64. The molecule has 0 radical (unpaired) electrons. The third-order valence-corrected chi connectivity index (χ3v) is 9.57. The van der Waals surface area contributed by atoms with E-state index in [2.05, 4.69) is 36.9 Å². The van der Waals surface area contributed by atoms with E-state index in [9.17, 15) is 9.59 Å². The number of likely N-dealkylation sites (N-methyl/N-ethyl adjacent to an activating group) is 1. The maximum absolute atomic E-state index is 11.3. The Labute approximate surface area is 302 Å². The Morgan fingerprint density at radius 2 is 1.42 bits per heavy atom. The molecule has 0 amide bonds. The number of thiophene rings is 1. The molecule has 0 saturated heterocycles. The highest BCUT2D eigenvalue weighted by atomic mass is 32.1. The average Bonchev–Trinajstić information content (AvgIpc) is 3.71. The van der Waals surface area contributed by atoms with Gasteiger partial charge < -0.3 is 19.1 Å². The topological polar surface area (TPSA) is 127 Å². The van der Waals surface area contributed by atoms with E-state index in [1.165, 1.54) is 48.4 Å². The highest BCUT2D eigenvalue weighted by molar-refractivity contribution is 7.30. The lowest BCUT2D eigenvalue weighted by Gasteiger charge is -2.22. The van der Waals surface area contributed by atoms with Gasteiger partial charge in [-0.25, -0.2) is 9.78 Å². The number of azo groups is 2. The lowest BCUT2D eigenvalue weighted by Crippen LogP contribution is -2.27. The molecule has 0 unspecified atom stereocenters. The van der Waals surface area contributed by atoms with Gasteiger partial charge in [-0.15, -0.1) is 20.5 Å². The monoisotopic (exact) mass is 718 g/mol. The zero-order chi connectivity index (χ0) is 35.4. The van der Waals surface area contributed by atoms with Crippen molar-refractivity contribution in [3.8, 4) is 5.75 Å². The second-order valence-corrected chi connectivity index (χ2v) is 13.4. The largest absolute Gasteiger partial charge is 0.494 e. The van der Waals surface area contributed by atoms with Crippen LogP contribution in [-0.2, 0) is 19.1 Å². The number of carbonyl (C=O) groups excluding carboxylic acids is 2. The van der Waals surface area contributed by atoms with Gasteiger partial charge in [0.1, 0.15) is 22.2 Å². The van der Waals surface area contributed by atoms with Crippen LogP contribution in [0.25, 0.3) is 9.53 Å². The van der Waals surface area contributed by atoms with Gasteiger partial charge in [-0.05, 0) is 74.4 Å². The lowest BCUT2D eigenvalue weighted by molar-refractivity contribution is -0.143. The van der Waals surface area contributed by atoms with Gasteiger partial charge >= 0.3 is 11.9 Å². The van der Waals surface area contributed by atoms with E-state index in [1.54, 1.807) is 0 Å². The van der Waals surface area contributed by atoms with Crippen LogP contribution in [0.4, 0.5) is 27.2 Å². The Morgan fingerprint density at radius 3 is 2.06 bits per heavy atom. The standard InChI is InChI=1S/C37H46N6O5S2/c1-4-34(44)47-25-14-12-10-8-7-9-11-13-24-46-31-21-17-29(18-22-31)39-41-33-27-32-36(50-33)38-37(49-32)42-40-28-15-19-30(20-16-28)43(6-3)23-26-48-35(45)5-2/h5,15-22,27H,2,4,6-14,23-26H2,1,3H3. The SMILES string of the molecule is C=CC(=O)OCCN(CC)c1ccc(N=Nc2nc3sc(N=Nc4ccc(OCCCCCCCCCCOC(=O)CC)cc4)cc3s2)cc1. The molecule has 0 spiro atoms. The fourth-order valence-electron chi connectivity index (χ4n) is 4.88. The number of thiazole rings is 1. The van der Waals surface area contributed by atoms with Gasteiger partial charge in [0.05, 0.1) is 35.8 Å². The van der Waals surface area contributed by atoms with Crippen molar-refractivity contribution < 1.29 is 23.8 Å². The minimum Gasteiger partial charge on any atom is -0.494 e. The number of ether oxygens (including phenoxy) is 3. The second-order valence-electron chi connectivity index (χ2n) is 11.4. The van der Waals surface area contributed by atoms with Crippen LogP contribution >= 0.6 is 22.7 Å². The van der Waals surface area contributed by atoms with Gasteiger partial charge in [0.25, 0.3) is 0 Å². The fourth-order valence-corrected chi connectivity index (χ4v) is 6.73. The summed E-state index contributed by atoms with van der Waals surface area (Å²) in [6.07, 6.45) is 10.7. The highest BCUT2D eigenvalue weighted by Crippen LogP contribution is 2.39. The van der Waals surface area contributed by atoms with Crippen LogP contribution in [0.1, 0.15) is 71.6 Å². The molecule has 0 bridgehead atoms. The van der Waals surface area contributed by atoms with Crippen molar-refractivity contribution in [3.63, 3.8) is 0 Å². The zero-order valence-corrected chi connectivity index (χ0v) is 30.6. The number of nitrogens with zero attached hydrogens (tertiary/aromatic N) is 6. The molecule has 2 aromatic heterocycles. The average molecular weight is 719 g/mol. The number of benzene rings is 2. The summed E-state index contributed by atoms with van der Waals surface area (Å²) in [4.78, 5) is 29.9. The summed E-state index contributed by atoms with van der Waals surface area (Å²) in [5, 5.41) is 18.8. The molecular weight excluding hydrogens is 673 g/mol. The fraction of sp³-hybridized carbons (Fsp3) is 0.432. The summed E-state index contributed by atoms with van der Waals surface area (Å²) >= 11 is 2.92. The minimum atomic E-state index is -0.422. The van der Waals surface area contributed by atoms with Crippen molar-refractivity contribution in [1.29, 1.82) is 0 Å². The normalized spacial score (nSPS) is 11.4. The Morgan fingerprint density at radius 1 is 0.780 bits per heavy atom. The van der Waals surface area contributed by atoms with Crippen LogP contribution < -0.4 is 9.64 Å². The molecule has 0 N–H and O–H groups in total. The Balaban J connectivity index is 1.13. The van der Waals surface area contributed by atoms with Gasteiger partial charge in [-0.1, -0.05) is 74.7 Å². The van der Waals surface area contributed by atoms with Crippen LogP contribution in [-0.4, -0.2) is 49.8 Å². The van der Waals surface area contributed by atoms with Gasteiger partial charge in [0.15, 0.2) is 0 Å². The van der Waals surface area contributed by atoms with Crippen molar-refractivity contribution in [1.82, 2.24) is 4.98 Å². The van der Waals surface area contributed by atoms with Gasteiger partial charge in [-0.2, -0.15) is 0 Å². The molecule has 50 heavy (non-hydrogen) atoms. The number of carbonyl (C=O) groups is 2. The van der Waals surface area contributed by atoms with Crippen LogP contribution in [0, 0.1) is 0 Å². The summed E-state index contributed by atoms with van der Waals surface area (Å²) in [6.45, 7) is 10.2. The number of hydrogen-bond acceptors (Lipinski definition) is 13. The first-order valence-electron chi connectivity index (χ1n) is 17.2. The first kappa shape index (κ1) is 38.3. The maximum Gasteiger partial charge on any atom is 0.330 e. The highest BCUT2D eigenvalue weighted by Gasteiger charge is 2.09. The summed E-state index contributed by atoms with van der Waals surface area (Å²) in [7, 11) is 0. The Kier molecular flexibility index (Phi) is 16.5. The predicted molar refractivity (Wildman–Crippen MR) is 201 cm³/mol. The van der Waals surface area contributed by atoms with Crippen molar-refractivity contribution in [2.45, 2.75) is 71.6 Å². The molecule has 266 valence electrons. The minimum absolute atomic E-state index is 0.109. The van der Waals surface area contributed by atoms with Crippen LogP contribution in [0.2, 0.25) is 0 Å². The number of esters is 2. The van der Waals surface area contributed by atoms with Crippen LogP contribution in [0.3, 0.4) is 0 Å². The molecule has 4 rings (SSSR count). The molecule has 0 aliphatic rings. The predicted octanol–water partition coefficient (Wildman–Crippen LogP) is 11.2. The molecule has 11 nitrogen and oxygen atoms in total. The molecule has 0 atom stereocenters. The van der Waals surface area contributed by atoms with E-state index in [-0.39, 0.29) is 5.97 Å². The van der Waals surface area contributed by atoms with Crippen molar-refractivity contribution in [2.24, 2.45) is 20.5 Å². The van der Waals surface area contributed by atoms with Crippen molar-refractivity contribution in [2.75, 3.05) is 37.8 Å². The van der Waals surface area contributed by atoms with Gasteiger partial charge in [0.2, 0.25) is 5.13 Å². The number of unbranched alkanes of at least 4 members (excludes halogenated alkanes) is 7. The number of rotatable bonds is 23. The van der Waals surface area contributed by atoms with Crippen molar-refractivity contribution >= 4 is 71.3 Å². The molecule has 4 aromatic rings. The molecule has 2 aromatic carbocycles. The smallest absolute Gasteiger partial charge is 0.330 e. The Bertz CT molecular complexity index is 1650. The first-order valence-corrected chi connectivity index (χ1v) is 18.9.